The van der Waals surface area contributed by atoms with E-state index in [1.807, 2.05) is 19.2 Å². The van der Waals surface area contributed by atoms with Gasteiger partial charge in [0.05, 0.1) is 0 Å². The number of hydrogen-bond acceptors (Lipinski definition) is 3. The van der Waals surface area contributed by atoms with Gasteiger partial charge in [-0.2, -0.15) is 5.10 Å². The summed E-state index contributed by atoms with van der Waals surface area (Å²) in [6, 6.07) is 8.28. The number of aromatic amines is 1. The third kappa shape index (κ3) is 7.12. The first-order valence-corrected chi connectivity index (χ1v) is 9.74. The van der Waals surface area contributed by atoms with Crippen molar-refractivity contribution in [2.24, 2.45) is 10.9 Å². The second-order valence-electron chi connectivity index (χ2n) is 7.03. The van der Waals surface area contributed by atoms with Gasteiger partial charge in [-0.3, -0.25) is 10.1 Å². The minimum atomic E-state index is 0. The average Bonchev–Trinajstić information content (AvgIpc) is 3.38. The van der Waals surface area contributed by atoms with E-state index in [9.17, 15) is 0 Å². The molecule has 1 aliphatic carbocycles. The summed E-state index contributed by atoms with van der Waals surface area (Å²) >= 11 is 0. The molecule has 2 aromatic rings. The van der Waals surface area contributed by atoms with Crippen LogP contribution in [0.1, 0.15) is 50.5 Å². The van der Waals surface area contributed by atoms with Crippen LogP contribution in [0, 0.1) is 5.92 Å². The van der Waals surface area contributed by atoms with Gasteiger partial charge in [-0.25, -0.2) is 4.98 Å². The molecule has 0 saturated heterocycles. The molecule has 148 valence electrons. The molecule has 0 amide bonds. The monoisotopic (exact) mass is 482 g/mol. The second kappa shape index (κ2) is 11.9. The molecule has 0 spiro atoms. The molecular formula is C20H31IN6. The fourth-order valence-electron chi connectivity index (χ4n) is 3.64. The van der Waals surface area contributed by atoms with Crippen molar-refractivity contribution < 1.29 is 0 Å². The third-order valence-corrected chi connectivity index (χ3v) is 5.11. The van der Waals surface area contributed by atoms with Gasteiger partial charge < -0.3 is 10.6 Å². The molecule has 1 aliphatic rings. The molecule has 3 N–H and O–H groups in total. The van der Waals surface area contributed by atoms with Crippen molar-refractivity contribution in [1.82, 2.24) is 25.8 Å². The maximum Gasteiger partial charge on any atom is 0.191 e. The zero-order chi connectivity index (χ0) is 18.0. The number of hydrogen-bond donors (Lipinski definition) is 3. The molecule has 6 nitrogen and oxygen atoms in total. The van der Waals surface area contributed by atoms with Gasteiger partial charge in [0.1, 0.15) is 6.33 Å². The van der Waals surface area contributed by atoms with Crippen molar-refractivity contribution in [3.8, 4) is 11.4 Å². The third-order valence-electron chi connectivity index (χ3n) is 5.11. The molecule has 0 atom stereocenters. The molecule has 0 unspecified atom stereocenters. The molecule has 0 radical (unpaired) electrons. The lowest BCUT2D eigenvalue weighted by Crippen LogP contribution is -2.37. The van der Waals surface area contributed by atoms with Crippen molar-refractivity contribution in [3.05, 3.63) is 36.2 Å². The summed E-state index contributed by atoms with van der Waals surface area (Å²) in [5, 5.41) is 13.6. The summed E-state index contributed by atoms with van der Waals surface area (Å²) in [5.41, 5.74) is 2.22. The van der Waals surface area contributed by atoms with E-state index in [1.165, 1.54) is 56.8 Å². The van der Waals surface area contributed by atoms with E-state index in [2.05, 4.69) is 42.9 Å². The van der Waals surface area contributed by atoms with E-state index < -0.39 is 0 Å². The van der Waals surface area contributed by atoms with E-state index in [1.54, 1.807) is 0 Å². The topological polar surface area (TPSA) is 78.0 Å². The Morgan fingerprint density at radius 3 is 2.81 bits per heavy atom. The Kier molecular flexibility index (Phi) is 9.58. The lowest BCUT2D eigenvalue weighted by Gasteiger charge is -2.13. The van der Waals surface area contributed by atoms with Crippen LogP contribution >= 0.6 is 24.0 Å². The molecule has 0 bridgehead atoms. The smallest absolute Gasteiger partial charge is 0.191 e. The number of nitrogens with zero attached hydrogens (tertiary/aromatic N) is 3. The zero-order valence-electron chi connectivity index (χ0n) is 16.1. The van der Waals surface area contributed by atoms with Gasteiger partial charge in [0.25, 0.3) is 0 Å². The van der Waals surface area contributed by atoms with Gasteiger partial charge in [0, 0.05) is 25.7 Å². The van der Waals surface area contributed by atoms with Crippen LogP contribution < -0.4 is 10.6 Å². The molecule has 1 aromatic carbocycles. The lowest BCUT2D eigenvalue weighted by molar-refractivity contribution is 0.472. The first-order valence-electron chi connectivity index (χ1n) is 9.74. The van der Waals surface area contributed by atoms with Crippen LogP contribution in [0.3, 0.4) is 0 Å². The van der Waals surface area contributed by atoms with Crippen molar-refractivity contribution in [2.75, 3.05) is 13.6 Å². The maximum absolute atomic E-state index is 4.32. The molecule has 1 aromatic heterocycles. The number of aliphatic imine (C=N–C) groups is 1. The van der Waals surface area contributed by atoms with Gasteiger partial charge in [0.2, 0.25) is 0 Å². The Morgan fingerprint density at radius 2 is 2.07 bits per heavy atom. The Morgan fingerprint density at radius 1 is 1.22 bits per heavy atom. The van der Waals surface area contributed by atoms with E-state index in [-0.39, 0.29) is 24.0 Å². The molecule has 1 heterocycles. The van der Waals surface area contributed by atoms with E-state index in [4.69, 9.17) is 0 Å². The summed E-state index contributed by atoms with van der Waals surface area (Å²) in [6.45, 7) is 1.70. The molecule has 1 fully saturated rings. The van der Waals surface area contributed by atoms with E-state index >= 15 is 0 Å². The number of guanidine groups is 1. The Balaban J connectivity index is 0.00000261. The highest BCUT2D eigenvalue weighted by molar-refractivity contribution is 14.0. The highest BCUT2D eigenvalue weighted by atomic mass is 127. The maximum atomic E-state index is 4.32. The summed E-state index contributed by atoms with van der Waals surface area (Å²) in [6.07, 6.45) is 11.2. The van der Waals surface area contributed by atoms with Crippen LogP contribution in [0.4, 0.5) is 0 Å². The van der Waals surface area contributed by atoms with Crippen molar-refractivity contribution in [2.45, 2.75) is 51.5 Å². The largest absolute Gasteiger partial charge is 0.356 e. The molecule has 0 aliphatic heterocycles. The van der Waals surface area contributed by atoms with Gasteiger partial charge in [-0.1, -0.05) is 56.7 Å². The number of nitrogens with one attached hydrogen (secondary N) is 3. The van der Waals surface area contributed by atoms with Crippen molar-refractivity contribution in [3.63, 3.8) is 0 Å². The van der Waals surface area contributed by atoms with Gasteiger partial charge >= 0.3 is 0 Å². The van der Waals surface area contributed by atoms with Crippen molar-refractivity contribution in [1.29, 1.82) is 0 Å². The van der Waals surface area contributed by atoms with Gasteiger partial charge in [-0.15, -0.1) is 24.0 Å². The van der Waals surface area contributed by atoms with Crippen LogP contribution in [0.15, 0.2) is 35.6 Å². The van der Waals surface area contributed by atoms with Crippen LogP contribution in [0.25, 0.3) is 11.4 Å². The van der Waals surface area contributed by atoms with Crippen LogP contribution in [0.2, 0.25) is 0 Å². The second-order valence-corrected chi connectivity index (χ2v) is 7.03. The number of halogens is 1. The number of unbranched alkanes of at least 4 members (excludes halogenated alkanes) is 1. The number of benzene rings is 1. The highest BCUT2D eigenvalue weighted by Gasteiger charge is 2.13. The molecular weight excluding hydrogens is 451 g/mol. The van der Waals surface area contributed by atoms with Gasteiger partial charge in [0.15, 0.2) is 11.8 Å². The van der Waals surface area contributed by atoms with Crippen LogP contribution in [-0.4, -0.2) is 34.7 Å². The predicted molar refractivity (Wildman–Crippen MR) is 121 cm³/mol. The normalized spacial score (nSPS) is 14.8. The minimum absolute atomic E-state index is 0. The van der Waals surface area contributed by atoms with Crippen LogP contribution in [-0.2, 0) is 6.54 Å². The fourth-order valence-corrected chi connectivity index (χ4v) is 3.64. The highest BCUT2D eigenvalue weighted by Crippen LogP contribution is 2.28. The minimum Gasteiger partial charge on any atom is -0.356 e. The quantitative estimate of drug-likeness (QED) is 0.229. The van der Waals surface area contributed by atoms with Crippen molar-refractivity contribution >= 4 is 29.9 Å². The predicted octanol–water partition coefficient (Wildman–Crippen LogP) is 4.12. The van der Waals surface area contributed by atoms with Crippen LogP contribution in [0.5, 0.6) is 0 Å². The zero-order valence-corrected chi connectivity index (χ0v) is 18.4. The first kappa shape index (κ1) is 21.7. The molecule has 1 saturated carbocycles. The summed E-state index contributed by atoms with van der Waals surface area (Å²) in [7, 11) is 1.82. The summed E-state index contributed by atoms with van der Waals surface area (Å²) < 4.78 is 0. The first-order chi connectivity index (χ1) is 12.8. The fraction of sp³-hybridized carbons (Fsp3) is 0.550. The number of rotatable bonds is 8. The standard InChI is InChI=1S/C20H30N6.HI/c1-21-20(22-12-5-4-9-16-7-2-3-8-16)23-14-17-10-6-11-18(13-17)19-24-15-25-26-19;/h6,10-11,13,15-16H,2-5,7-9,12,14H2,1H3,(H2,21,22,23)(H,24,25,26);1H. The molecule has 7 heteroatoms. The van der Waals surface area contributed by atoms with E-state index in [0.717, 1.165) is 36.4 Å². The molecule has 3 rings (SSSR count). The average molecular weight is 482 g/mol. The summed E-state index contributed by atoms with van der Waals surface area (Å²) in [5.74, 6) is 2.64. The van der Waals surface area contributed by atoms with E-state index in [0.29, 0.717) is 0 Å². The SMILES string of the molecule is CN=C(NCCCCC1CCCC1)NCc1cccc(-c2ncn[nH]2)c1.I. The molecule has 27 heavy (non-hydrogen) atoms. The lowest BCUT2D eigenvalue weighted by atomic mass is 10.0. The Hall–Kier alpha value is -1.64. The van der Waals surface area contributed by atoms with Gasteiger partial charge in [-0.05, 0) is 24.0 Å². The summed E-state index contributed by atoms with van der Waals surface area (Å²) in [4.78, 5) is 8.52. The Bertz CT molecular complexity index is 680. The number of aromatic nitrogens is 3. The number of H-pyrrole nitrogens is 1. The Labute approximate surface area is 179 Å².